The average Bonchev–Trinajstić information content (AvgIpc) is 2.55. The van der Waals surface area contributed by atoms with Gasteiger partial charge < -0.3 is 20.5 Å². The summed E-state index contributed by atoms with van der Waals surface area (Å²) in [6, 6.07) is 7.52. The number of hydrogen-bond acceptors (Lipinski definition) is 5. The first-order chi connectivity index (χ1) is 11.6. The summed E-state index contributed by atoms with van der Waals surface area (Å²) in [6.45, 7) is 3.39. The molecule has 1 aromatic heterocycles. The second-order valence-corrected chi connectivity index (χ2v) is 5.46. The van der Waals surface area contributed by atoms with E-state index >= 15 is 0 Å². The molecule has 0 spiro atoms. The molecule has 0 fully saturated rings. The minimum Gasteiger partial charge on any atom is -0.490 e. The summed E-state index contributed by atoms with van der Waals surface area (Å²) in [4.78, 5) is 14.9. The summed E-state index contributed by atoms with van der Waals surface area (Å²) in [5.74, 6) is 0.249. The predicted molar refractivity (Wildman–Crippen MR) is 92.1 cm³/mol. The Hall–Kier alpha value is -2.31. The Balaban J connectivity index is 2.05. The van der Waals surface area contributed by atoms with Gasteiger partial charge >= 0.3 is 0 Å². The number of primary amides is 1. The van der Waals surface area contributed by atoms with Crippen molar-refractivity contribution in [2.75, 3.05) is 13.2 Å². The minimum absolute atomic E-state index is 0.251. The third kappa shape index (κ3) is 5.40. The fourth-order valence-electron chi connectivity index (χ4n) is 2.12. The maximum Gasteiger partial charge on any atom is 0.255 e. The van der Waals surface area contributed by atoms with E-state index in [0.29, 0.717) is 36.2 Å². The number of nitrogens with one attached hydrogen (secondary N) is 1. The van der Waals surface area contributed by atoms with Gasteiger partial charge in [-0.15, -0.1) is 0 Å². The van der Waals surface area contributed by atoms with E-state index in [4.69, 9.17) is 26.8 Å². The van der Waals surface area contributed by atoms with Crippen LogP contribution < -0.4 is 20.5 Å². The van der Waals surface area contributed by atoms with Crippen molar-refractivity contribution in [1.29, 1.82) is 0 Å². The van der Waals surface area contributed by atoms with Gasteiger partial charge in [0.1, 0.15) is 0 Å². The number of aromatic nitrogens is 1. The van der Waals surface area contributed by atoms with Gasteiger partial charge in [0.2, 0.25) is 0 Å². The molecule has 3 N–H and O–H groups in total. The number of nitrogens with two attached hydrogens (primary N) is 1. The molecule has 1 heterocycles. The van der Waals surface area contributed by atoms with Crippen LogP contribution in [0.4, 0.5) is 0 Å². The quantitative estimate of drug-likeness (QED) is 0.725. The van der Waals surface area contributed by atoms with Crippen molar-refractivity contribution in [3.8, 4) is 11.5 Å². The lowest BCUT2D eigenvalue weighted by Gasteiger charge is -2.15. The Kier molecular flexibility index (Phi) is 6.84. The molecule has 2 rings (SSSR count). The van der Waals surface area contributed by atoms with Gasteiger partial charge in [0.25, 0.3) is 5.91 Å². The Morgan fingerprint density at radius 3 is 2.58 bits per heavy atom. The van der Waals surface area contributed by atoms with Crippen molar-refractivity contribution < 1.29 is 14.3 Å². The number of nitrogens with zero attached hydrogens (tertiary/aromatic N) is 1. The van der Waals surface area contributed by atoms with Crippen LogP contribution >= 0.6 is 11.6 Å². The summed E-state index contributed by atoms with van der Waals surface area (Å²) in [5, 5.41) is 3.71. The van der Waals surface area contributed by atoms with Crippen molar-refractivity contribution in [2.45, 2.75) is 20.0 Å². The molecule has 6 nitrogen and oxygen atoms in total. The summed E-state index contributed by atoms with van der Waals surface area (Å²) in [7, 11) is 0. The molecule has 0 aliphatic heterocycles. The molecule has 0 unspecified atom stereocenters. The van der Waals surface area contributed by atoms with Crippen molar-refractivity contribution in [3.05, 3.63) is 52.8 Å². The molecule has 0 radical (unpaired) electrons. The Labute approximate surface area is 145 Å². The maximum atomic E-state index is 10.9. The second kappa shape index (κ2) is 9.10. The van der Waals surface area contributed by atoms with Crippen LogP contribution in [0.15, 0.2) is 36.7 Å². The smallest absolute Gasteiger partial charge is 0.255 e. The van der Waals surface area contributed by atoms with Crippen LogP contribution in [-0.2, 0) is 17.9 Å². The zero-order chi connectivity index (χ0) is 17.4. The molecule has 1 amide bonds. The predicted octanol–water partition coefficient (Wildman–Crippen LogP) is 2.29. The highest BCUT2D eigenvalue weighted by Gasteiger charge is 2.13. The first kappa shape index (κ1) is 18.0. The zero-order valence-electron chi connectivity index (χ0n) is 13.4. The van der Waals surface area contributed by atoms with E-state index in [1.807, 2.05) is 25.1 Å². The first-order valence-electron chi connectivity index (χ1n) is 7.56. The van der Waals surface area contributed by atoms with Crippen molar-refractivity contribution in [3.63, 3.8) is 0 Å². The van der Waals surface area contributed by atoms with Crippen molar-refractivity contribution >= 4 is 17.5 Å². The number of rotatable bonds is 9. The van der Waals surface area contributed by atoms with Gasteiger partial charge in [-0.1, -0.05) is 11.6 Å². The molecular formula is C17H20ClN3O3. The molecule has 1 aromatic carbocycles. The summed E-state index contributed by atoms with van der Waals surface area (Å²) < 4.78 is 10.9. The molecule has 128 valence electrons. The number of pyridine rings is 1. The van der Waals surface area contributed by atoms with Crippen molar-refractivity contribution in [2.24, 2.45) is 5.73 Å². The van der Waals surface area contributed by atoms with E-state index in [9.17, 15) is 4.79 Å². The molecule has 24 heavy (non-hydrogen) atoms. The summed E-state index contributed by atoms with van der Waals surface area (Å²) in [5.41, 5.74) is 7.19. The highest BCUT2D eigenvalue weighted by Crippen LogP contribution is 2.36. The number of amides is 1. The number of hydrogen-bond donors (Lipinski definition) is 2. The SMILES string of the molecule is CCOc1cc(CNCc2ccncc2)cc(Cl)c1OCC(N)=O. The number of halogens is 1. The number of benzene rings is 1. The third-order valence-electron chi connectivity index (χ3n) is 3.14. The van der Waals surface area contributed by atoms with E-state index in [1.165, 1.54) is 0 Å². The van der Waals surface area contributed by atoms with Crippen LogP contribution in [0.3, 0.4) is 0 Å². The minimum atomic E-state index is -0.573. The van der Waals surface area contributed by atoms with Gasteiger partial charge in [-0.2, -0.15) is 0 Å². The number of carbonyl (C=O) groups excluding carboxylic acids is 1. The van der Waals surface area contributed by atoms with E-state index in [2.05, 4.69) is 10.3 Å². The van der Waals surface area contributed by atoms with Crippen LogP contribution in [-0.4, -0.2) is 24.1 Å². The molecule has 0 bridgehead atoms. The lowest BCUT2D eigenvalue weighted by atomic mass is 10.2. The van der Waals surface area contributed by atoms with Crippen LogP contribution in [0.25, 0.3) is 0 Å². The highest BCUT2D eigenvalue weighted by atomic mass is 35.5. The summed E-state index contributed by atoms with van der Waals surface area (Å²) >= 11 is 6.26. The van der Waals surface area contributed by atoms with E-state index in [1.54, 1.807) is 18.5 Å². The third-order valence-corrected chi connectivity index (χ3v) is 3.42. The lowest BCUT2D eigenvalue weighted by molar-refractivity contribution is -0.119. The van der Waals surface area contributed by atoms with Gasteiger partial charge in [-0.25, -0.2) is 0 Å². The largest absolute Gasteiger partial charge is 0.490 e. The molecule has 0 aliphatic rings. The second-order valence-electron chi connectivity index (χ2n) is 5.05. The van der Waals surface area contributed by atoms with Gasteiger partial charge in [-0.05, 0) is 42.3 Å². The van der Waals surface area contributed by atoms with E-state index in [-0.39, 0.29) is 6.61 Å². The normalized spacial score (nSPS) is 10.4. The highest BCUT2D eigenvalue weighted by molar-refractivity contribution is 6.32. The topological polar surface area (TPSA) is 86.5 Å². The summed E-state index contributed by atoms with van der Waals surface area (Å²) in [6.07, 6.45) is 3.51. The van der Waals surface area contributed by atoms with Gasteiger partial charge in [0, 0.05) is 25.5 Å². The average molecular weight is 350 g/mol. The van der Waals surface area contributed by atoms with Crippen LogP contribution in [0.2, 0.25) is 5.02 Å². The molecular weight excluding hydrogens is 330 g/mol. The Bertz CT molecular complexity index is 680. The monoisotopic (exact) mass is 349 g/mol. The number of carbonyl (C=O) groups is 1. The standard InChI is InChI=1S/C17H20ClN3O3/c1-2-23-15-8-13(7-14(18)17(15)24-11-16(19)22)10-21-9-12-3-5-20-6-4-12/h3-8,21H,2,9-11H2,1H3,(H2,19,22). The molecule has 0 saturated heterocycles. The Morgan fingerprint density at radius 1 is 1.21 bits per heavy atom. The van der Waals surface area contributed by atoms with Crippen molar-refractivity contribution in [1.82, 2.24) is 10.3 Å². The molecule has 7 heteroatoms. The van der Waals surface area contributed by atoms with E-state index in [0.717, 1.165) is 11.1 Å². The number of ether oxygens (including phenoxy) is 2. The van der Waals surface area contributed by atoms with Crippen LogP contribution in [0.5, 0.6) is 11.5 Å². The maximum absolute atomic E-state index is 10.9. The van der Waals surface area contributed by atoms with Crippen LogP contribution in [0, 0.1) is 0 Å². The van der Waals surface area contributed by atoms with Gasteiger partial charge in [0.05, 0.1) is 11.6 Å². The molecule has 0 aliphatic carbocycles. The molecule has 0 saturated carbocycles. The van der Waals surface area contributed by atoms with E-state index < -0.39 is 5.91 Å². The fraction of sp³-hybridized carbons (Fsp3) is 0.294. The zero-order valence-corrected chi connectivity index (χ0v) is 14.2. The van der Waals surface area contributed by atoms with Gasteiger partial charge in [0.15, 0.2) is 18.1 Å². The first-order valence-corrected chi connectivity index (χ1v) is 7.94. The fourth-order valence-corrected chi connectivity index (χ4v) is 2.41. The molecule has 0 atom stereocenters. The van der Waals surface area contributed by atoms with Crippen LogP contribution in [0.1, 0.15) is 18.1 Å². The van der Waals surface area contributed by atoms with Gasteiger partial charge in [-0.3, -0.25) is 9.78 Å². The molecule has 2 aromatic rings. The lowest BCUT2D eigenvalue weighted by Crippen LogP contribution is -2.20. The Morgan fingerprint density at radius 2 is 1.92 bits per heavy atom.